The summed E-state index contributed by atoms with van der Waals surface area (Å²) in [5.41, 5.74) is 2.36. The van der Waals surface area contributed by atoms with Gasteiger partial charge in [-0.1, -0.05) is 23.7 Å². The summed E-state index contributed by atoms with van der Waals surface area (Å²) in [5, 5.41) is 0.756. The second-order valence-electron chi connectivity index (χ2n) is 2.84. The van der Waals surface area contributed by atoms with E-state index in [1.54, 1.807) is 0 Å². The van der Waals surface area contributed by atoms with E-state index in [4.69, 9.17) is 11.6 Å². The summed E-state index contributed by atoms with van der Waals surface area (Å²) >= 11 is 5.86. The third-order valence-corrected chi connectivity index (χ3v) is 2.16. The van der Waals surface area contributed by atoms with Gasteiger partial charge in [-0.3, -0.25) is 0 Å². The fraction of sp³-hybridized carbons (Fsp3) is 0.182. The quantitative estimate of drug-likeness (QED) is 0.607. The fourth-order valence-corrected chi connectivity index (χ4v) is 1.32. The molecule has 1 aromatic rings. The molecule has 0 nitrogen and oxygen atoms in total. The topological polar surface area (TPSA) is 0 Å². The second-order valence-corrected chi connectivity index (χ2v) is 3.28. The van der Waals surface area contributed by atoms with Crippen LogP contribution in [-0.2, 0) is 0 Å². The third-order valence-electron chi connectivity index (χ3n) is 1.93. The molecule has 0 saturated heterocycles. The van der Waals surface area contributed by atoms with Crippen molar-refractivity contribution in [3.05, 3.63) is 53.9 Å². The van der Waals surface area contributed by atoms with E-state index in [2.05, 4.69) is 13.5 Å². The van der Waals surface area contributed by atoms with Gasteiger partial charge in [0.25, 0.3) is 0 Å². The molecule has 0 spiro atoms. The van der Waals surface area contributed by atoms with Crippen molar-refractivity contribution in [2.75, 3.05) is 0 Å². The van der Waals surface area contributed by atoms with E-state index in [1.165, 1.54) is 5.56 Å². The van der Waals surface area contributed by atoms with Gasteiger partial charge in [-0.15, -0.1) is 6.58 Å². The lowest BCUT2D eigenvalue weighted by molar-refractivity contribution is 1.06. The van der Waals surface area contributed by atoms with Crippen molar-refractivity contribution in [1.29, 1.82) is 0 Å². The van der Waals surface area contributed by atoms with E-state index in [0.717, 1.165) is 10.6 Å². The minimum Gasteiger partial charge on any atom is -0.102 e. The molecule has 0 aliphatic rings. The highest BCUT2D eigenvalue weighted by atomic mass is 35.5. The average Bonchev–Trinajstić information content (AvgIpc) is 2.08. The van der Waals surface area contributed by atoms with Crippen LogP contribution >= 0.6 is 11.6 Å². The fourth-order valence-electron chi connectivity index (χ4n) is 1.14. The SMILES string of the molecule is [CH2]C(C=C)c1cc(Cl)ccc1C. The Hall–Kier alpha value is -0.750. The molecule has 0 aliphatic heterocycles. The van der Waals surface area contributed by atoms with Crippen LogP contribution in [0.4, 0.5) is 0 Å². The first-order valence-corrected chi connectivity index (χ1v) is 4.24. The zero-order valence-electron chi connectivity index (χ0n) is 7.18. The molecule has 0 amide bonds. The Morgan fingerprint density at radius 2 is 2.17 bits per heavy atom. The molecule has 0 fully saturated rings. The van der Waals surface area contributed by atoms with Gasteiger partial charge in [-0.25, -0.2) is 0 Å². The zero-order valence-corrected chi connectivity index (χ0v) is 7.93. The van der Waals surface area contributed by atoms with Crippen molar-refractivity contribution in [3.63, 3.8) is 0 Å². The maximum Gasteiger partial charge on any atom is 0.0409 e. The summed E-state index contributed by atoms with van der Waals surface area (Å²) in [6.07, 6.45) is 1.82. The molecule has 0 aliphatic carbocycles. The molecule has 0 N–H and O–H groups in total. The molecule has 1 aromatic carbocycles. The van der Waals surface area contributed by atoms with Crippen molar-refractivity contribution in [2.24, 2.45) is 0 Å². The number of hydrogen-bond acceptors (Lipinski definition) is 0. The summed E-state index contributed by atoms with van der Waals surface area (Å²) in [5.74, 6) is 0.128. The molecular formula is C11H12Cl. The van der Waals surface area contributed by atoms with Gasteiger partial charge in [-0.05, 0) is 37.1 Å². The highest BCUT2D eigenvalue weighted by Crippen LogP contribution is 2.23. The van der Waals surface area contributed by atoms with Crippen molar-refractivity contribution in [2.45, 2.75) is 12.8 Å². The molecule has 0 heterocycles. The molecular weight excluding hydrogens is 168 g/mol. The molecule has 1 radical (unpaired) electrons. The van der Waals surface area contributed by atoms with Crippen molar-refractivity contribution < 1.29 is 0 Å². The number of rotatable bonds is 2. The van der Waals surface area contributed by atoms with Gasteiger partial charge in [0.05, 0.1) is 0 Å². The van der Waals surface area contributed by atoms with Gasteiger partial charge >= 0.3 is 0 Å². The number of aryl methyl sites for hydroxylation is 1. The summed E-state index contributed by atoms with van der Waals surface area (Å²) in [6, 6.07) is 5.83. The highest BCUT2D eigenvalue weighted by molar-refractivity contribution is 6.30. The normalized spacial score (nSPS) is 12.6. The molecule has 1 heteroatoms. The van der Waals surface area contributed by atoms with Crippen molar-refractivity contribution in [3.8, 4) is 0 Å². The zero-order chi connectivity index (χ0) is 9.14. The summed E-state index contributed by atoms with van der Waals surface area (Å²) < 4.78 is 0. The van der Waals surface area contributed by atoms with Crippen LogP contribution in [0.1, 0.15) is 17.0 Å². The Morgan fingerprint density at radius 1 is 1.50 bits per heavy atom. The van der Waals surface area contributed by atoms with Crippen LogP contribution < -0.4 is 0 Å². The van der Waals surface area contributed by atoms with Gasteiger partial charge in [0.1, 0.15) is 0 Å². The van der Waals surface area contributed by atoms with Gasteiger partial charge < -0.3 is 0 Å². The van der Waals surface area contributed by atoms with Gasteiger partial charge in [0.2, 0.25) is 0 Å². The minimum absolute atomic E-state index is 0.128. The predicted molar refractivity (Wildman–Crippen MR) is 54.5 cm³/mol. The first kappa shape index (κ1) is 9.34. The van der Waals surface area contributed by atoms with Crippen LogP contribution in [0.15, 0.2) is 30.9 Å². The molecule has 0 saturated carbocycles. The number of allylic oxidation sites excluding steroid dienone is 1. The maximum absolute atomic E-state index is 5.86. The summed E-state index contributed by atoms with van der Waals surface area (Å²) in [6.45, 7) is 9.70. The van der Waals surface area contributed by atoms with Crippen molar-refractivity contribution in [1.82, 2.24) is 0 Å². The first-order valence-electron chi connectivity index (χ1n) is 3.87. The van der Waals surface area contributed by atoms with E-state index in [9.17, 15) is 0 Å². The smallest absolute Gasteiger partial charge is 0.0409 e. The van der Waals surface area contributed by atoms with E-state index in [1.807, 2.05) is 31.2 Å². The highest BCUT2D eigenvalue weighted by Gasteiger charge is 2.04. The molecule has 63 valence electrons. The van der Waals surface area contributed by atoms with E-state index in [0.29, 0.717) is 0 Å². The lowest BCUT2D eigenvalue weighted by Crippen LogP contribution is -1.92. The lowest BCUT2D eigenvalue weighted by atomic mass is 9.97. The number of hydrogen-bond donors (Lipinski definition) is 0. The molecule has 0 bridgehead atoms. The van der Waals surface area contributed by atoms with Gasteiger partial charge in [0.15, 0.2) is 0 Å². The van der Waals surface area contributed by atoms with Crippen molar-refractivity contribution >= 4 is 11.6 Å². The monoisotopic (exact) mass is 179 g/mol. The Bertz CT molecular complexity index is 289. The van der Waals surface area contributed by atoms with Crippen LogP contribution in [0.2, 0.25) is 5.02 Å². The minimum atomic E-state index is 0.128. The predicted octanol–water partition coefficient (Wildman–Crippen LogP) is 3.75. The maximum atomic E-state index is 5.86. The van der Waals surface area contributed by atoms with Crippen LogP contribution in [0.5, 0.6) is 0 Å². The van der Waals surface area contributed by atoms with Crippen LogP contribution in [0.25, 0.3) is 0 Å². The van der Waals surface area contributed by atoms with Gasteiger partial charge in [-0.2, -0.15) is 0 Å². The van der Waals surface area contributed by atoms with Crippen LogP contribution in [0.3, 0.4) is 0 Å². The van der Waals surface area contributed by atoms with E-state index >= 15 is 0 Å². The number of halogens is 1. The van der Waals surface area contributed by atoms with Crippen LogP contribution in [0, 0.1) is 13.8 Å². The summed E-state index contributed by atoms with van der Waals surface area (Å²) in [4.78, 5) is 0. The largest absolute Gasteiger partial charge is 0.102 e. The van der Waals surface area contributed by atoms with Crippen LogP contribution in [-0.4, -0.2) is 0 Å². The Morgan fingerprint density at radius 3 is 2.75 bits per heavy atom. The molecule has 12 heavy (non-hydrogen) atoms. The second kappa shape index (κ2) is 3.77. The third kappa shape index (κ3) is 1.89. The molecule has 1 rings (SSSR count). The number of benzene rings is 1. The van der Waals surface area contributed by atoms with Gasteiger partial charge in [0, 0.05) is 10.9 Å². The summed E-state index contributed by atoms with van der Waals surface area (Å²) in [7, 11) is 0. The Labute approximate surface area is 78.9 Å². The standard InChI is InChI=1S/C11H12Cl/c1-4-8(2)11-7-10(12)6-5-9(11)3/h4-8H,1-2H2,3H3. The lowest BCUT2D eigenvalue weighted by Gasteiger charge is -2.09. The Kier molecular flexibility index (Phi) is 2.93. The molecule has 1 unspecified atom stereocenters. The van der Waals surface area contributed by atoms with E-state index < -0.39 is 0 Å². The van der Waals surface area contributed by atoms with E-state index in [-0.39, 0.29) is 5.92 Å². The molecule has 0 aromatic heterocycles. The first-order chi connectivity index (χ1) is 5.65. The average molecular weight is 180 g/mol. The Balaban J connectivity index is 3.12. The molecule has 1 atom stereocenters.